The van der Waals surface area contributed by atoms with Gasteiger partial charge in [0.1, 0.15) is 5.75 Å². The molecule has 1 aliphatic rings. The Kier molecular flexibility index (Phi) is 6.57. The van der Waals surface area contributed by atoms with Gasteiger partial charge in [0.25, 0.3) is 5.91 Å². The smallest absolute Gasteiger partial charge is 0.254 e. The molecule has 35 heavy (non-hydrogen) atoms. The number of amides is 1. The summed E-state index contributed by atoms with van der Waals surface area (Å²) in [5.41, 5.74) is 3.31. The van der Waals surface area contributed by atoms with Gasteiger partial charge in [-0.15, -0.1) is 11.3 Å². The first-order valence-corrected chi connectivity index (χ1v) is 12.2. The number of thiophene rings is 1. The molecule has 1 amide bonds. The van der Waals surface area contributed by atoms with Crippen molar-refractivity contribution >= 4 is 28.1 Å². The Morgan fingerprint density at radius 2 is 1.91 bits per heavy atom. The summed E-state index contributed by atoms with van der Waals surface area (Å²) < 4.78 is 16.3. The molecule has 180 valence electrons. The third-order valence-corrected chi connectivity index (χ3v) is 6.82. The summed E-state index contributed by atoms with van der Waals surface area (Å²) >= 11 is 1.64. The fraction of sp³-hybridized carbons (Fsp3) is 0.259. The van der Waals surface area contributed by atoms with Crippen LogP contribution < -0.4 is 14.2 Å². The second kappa shape index (κ2) is 9.93. The van der Waals surface area contributed by atoms with Gasteiger partial charge in [-0.05, 0) is 67.5 Å². The molecule has 2 aromatic heterocycles. The topological polar surface area (TPSA) is 64.1 Å². The van der Waals surface area contributed by atoms with Crippen LogP contribution in [0.4, 0.5) is 0 Å². The van der Waals surface area contributed by atoms with E-state index in [1.54, 1.807) is 36.6 Å². The summed E-state index contributed by atoms with van der Waals surface area (Å²) in [6, 6.07) is 17.4. The summed E-state index contributed by atoms with van der Waals surface area (Å²) in [6.07, 6.45) is 0. The van der Waals surface area contributed by atoms with Gasteiger partial charge in [-0.2, -0.15) is 0 Å². The molecule has 0 aliphatic carbocycles. The standard InChI is InChI=1S/C27H27N3O4S/c1-29(2)10-11-30(27(31)19-7-9-23-24(14-19)34-17-33-23)16-20-13-18-6-8-21(32-3)15-22(18)28-26(20)25-5-4-12-35-25/h4-9,12-15H,10-11,16-17H2,1-3H3. The van der Waals surface area contributed by atoms with Crippen molar-refractivity contribution in [1.82, 2.24) is 14.8 Å². The summed E-state index contributed by atoms with van der Waals surface area (Å²) in [6.45, 7) is 1.92. The number of ether oxygens (including phenoxy) is 3. The number of likely N-dealkylation sites (N-methyl/N-ethyl adjacent to an activating group) is 1. The van der Waals surface area contributed by atoms with Crippen LogP contribution in [0.25, 0.3) is 21.5 Å². The molecule has 7 nitrogen and oxygen atoms in total. The lowest BCUT2D eigenvalue weighted by Crippen LogP contribution is -2.36. The molecule has 0 fully saturated rings. The molecular formula is C27H27N3O4S. The van der Waals surface area contributed by atoms with Gasteiger partial charge in [0.15, 0.2) is 11.5 Å². The second-order valence-corrected chi connectivity index (χ2v) is 9.58. The van der Waals surface area contributed by atoms with Crippen molar-refractivity contribution in [1.29, 1.82) is 0 Å². The molecule has 0 saturated heterocycles. The predicted octanol–water partition coefficient (Wildman–Crippen LogP) is 4.90. The predicted molar refractivity (Wildman–Crippen MR) is 137 cm³/mol. The normalized spacial score (nSPS) is 12.3. The maximum atomic E-state index is 13.7. The monoisotopic (exact) mass is 489 g/mol. The number of carbonyl (C=O) groups is 1. The van der Waals surface area contributed by atoms with Gasteiger partial charge in [-0.3, -0.25) is 4.79 Å². The van der Waals surface area contributed by atoms with E-state index in [1.807, 2.05) is 48.6 Å². The lowest BCUT2D eigenvalue weighted by atomic mass is 10.1. The highest BCUT2D eigenvalue weighted by atomic mass is 32.1. The van der Waals surface area contributed by atoms with E-state index in [2.05, 4.69) is 17.0 Å². The van der Waals surface area contributed by atoms with E-state index >= 15 is 0 Å². The Bertz CT molecular complexity index is 1350. The van der Waals surface area contributed by atoms with Crippen molar-refractivity contribution in [3.8, 4) is 27.8 Å². The number of hydrogen-bond acceptors (Lipinski definition) is 7. The Labute approximate surface area is 208 Å². The zero-order chi connectivity index (χ0) is 24.4. The molecule has 8 heteroatoms. The quantitative estimate of drug-likeness (QED) is 0.351. The highest BCUT2D eigenvalue weighted by molar-refractivity contribution is 7.13. The minimum Gasteiger partial charge on any atom is -0.497 e. The molecule has 5 rings (SSSR count). The number of methoxy groups -OCH3 is 1. The van der Waals surface area contributed by atoms with Crippen LogP contribution in [-0.2, 0) is 6.54 Å². The molecule has 2 aromatic carbocycles. The highest BCUT2D eigenvalue weighted by Crippen LogP contribution is 2.34. The number of fused-ring (bicyclic) bond motifs is 2. The lowest BCUT2D eigenvalue weighted by molar-refractivity contribution is 0.0732. The zero-order valence-corrected chi connectivity index (χ0v) is 20.8. The van der Waals surface area contributed by atoms with E-state index in [-0.39, 0.29) is 12.7 Å². The molecule has 4 aromatic rings. The maximum absolute atomic E-state index is 13.7. The molecule has 3 heterocycles. The Balaban J connectivity index is 1.54. The molecule has 0 N–H and O–H groups in total. The molecule has 0 unspecified atom stereocenters. The molecular weight excluding hydrogens is 462 g/mol. The minimum atomic E-state index is -0.0582. The van der Waals surface area contributed by atoms with E-state index in [0.717, 1.165) is 39.3 Å². The fourth-order valence-electron chi connectivity index (χ4n) is 4.06. The Hall–Kier alpha value is -3.62. The van der Waals surface area contributed by atoms with E-state index < -0.39 is 0 Å². The molecule has 1 aliphatic heterocycles. The lowest BCUT2D eigenvalue weighted by Gasteiger charge is -2.26. The number of benzene rings is 2. The van der Waals surface area contributed by atoms with Gasteiger partial charge in [0.05, 0.1) is 23.2 Å². The molecule has 0 radical (unpaired) electrons. The summed E-state index contributed by atoms with van der Waals surface area (Å²) in [4.78, 5) is 23.7. The zero-order valence-electron chi connectivity index (χ0n) is 20.0. The first kappa shape index (κ1) is 23.1. The van der Waals surface area contributed by atoms with Crippen molar-refractivity contribution in [2.45, 2.75) is 6.54 Å². The maximum Gasteiger partial charge on any atom is 0.254 e. The van der Waals surface area contributed by atoms with Gasteiger partial charge in [-0.1, -0.05) is 6.07 Å². The van der Waals surface area contributed by atoms with Crippen LogP contribution in [0.1, 0.15) is 15.9 Å². The van der Waals surface area contributed by atoms with Gasteiger partial charge >= 0.3 is 0 Å². The van der Waals surface area contributed by atoms with Crippen molar-refractivity contribution < 1.29 is 19.0 Å². The van der Waals surface area contributed by atoms with Gasteiger partial charge in [-0.25, -0.2) is 4.98 Å². The number of hydrogen-bond donors (Lipinski definition) is 0. The first-order chi connectivity index (χ1) is 17.0. The van der Waals surface area contributed by atoms with E-state index in [0.29, 0.717) is 30.2 Å². The third kappa shape index (κ3) is 4.94. The van der Waals surface area contributed by atoms with Crippen LogP contribution in [0, 0.1) is 0 Å². The van der Waals surface area contributed by atoms with Crippen molar-refractivity contribution in [2.24, 2.45) is 0 Å². The highest BCUT2D eigenvalue weighted by Gasteiger charge is 2.22. The van der Waals surface area contributed by atoms with Gasteiger partial charge < -0.3 is 24.0 Å². The minimum absolute atomic E-state index is 0.0582. The summed E-state index contributed by atoms with van der Waals surface area (Å²) in [5, 5.41) is 3.04. The van der Waals surface area contributed by atoms with Crippen molar-refractivity contribution in [3.63, 3.8) is 0 Å². The number of carbonyl (C=O) groups excluding carboxylic acids is 1. The Morgan fingerprint density at radius 1 is 1.06 bits per heavy atom. The van der Waals surface area contributed by atoms with Crippen LogP contribution in [-0.4, -0.2) is 61.8 Å². The summed E-state index contributed by atoms with van der Waals surface area (Å²) in [7, 11) is 5.66. The second-order valence-electron chi connectivity index (χ2n) is 8.63. The molecule has 0 saturated carbocycles. The first-order valence-electron chi connectivity index (χ1n) is 11.4. The number of rotatable bonds is 8. The molecule has 0 atom stereocenters. The number of aromatic nitrogens is 1. The van der Waals surface area contributed by atoms with Crippen LogP contribution in [0.2, 0.25) is 0 Å². The van der Waals surface area contributed by atoms with Gasteiger partial charge in [0.2, 0.25) is 6.79 Å². The van der Waals surface area contributed by atoms with Crippen molar-refractivity contribution in [3.05, 3.63) is 71.1 Å². The SMILES string of the molecule is COc1ccc2cc(CN(CCN(C)C)C(=O)c3ccc4c(c3)OCO4)c(-c3cccs3)nc2c1. The Morgan fingerprint density at radius 3 is 2.69 bits per heavy atom. The van der Waals surface area contributed by atoms with E-state index in [4.69, 9.17) is 19.2 Å². The largest absolute Gasteiger partial charge is 0.497 e. The van der Waals surface area contributed by atoms with Crippen LogP contribution in [0.3, 0.4) is 0 Å². The van der Waals surface area contributed by atoms with Gasteiger partial charge in [0, 0.05) is 36.7 Å². The summed E-state index contributed by atoms with van der Waals surface area (Å²) in [5.74, 6) is 1.97. The van der Waals surface area contributed by atoms with E-state index in [1.165, 1.54) is 0 Å². The fourth-order valence-corrected chi connectivity index (χ4v) is 4.80. The third-order valence-electron chi connectivity index (χ3n) is 5.94. The van der Waals surface area contributed by atoms with Crippen molar-refractivity contribution in [2.75, 3.05) is 41.1 Å². The average molecular weight is 490 g/mol. The number of nitrogens with zero attached hydrogens (tertiary/aromatic N) is 3. The van der Waals surface area contributed by atoms with Crippen LogP contribution in [0.15, 0.2) is 60.0 Å². The van der Waals surface area contributed by atoms with Crippen LogP contribution >= 0.6 is 11.3 Å². The molecule has 0 spiro atoms. The molecule has 0 bridgehead atoms. The van der Waals surface area contributed by atoms with E-state index in [9.17, 15) is 4.79 Å². The number of pyridine rings is 1. The van der Waals surface area contributed by atoms with Crippen LogP contribution in [0.5, 0.6) is 17.2 Å². The average Bonchev–Trinajstić information content (AvgIpc) is 3.57.